The van der Waals surface area contributed by atoms with Gasteiger partial charge in [-0.1, -0.05) is 31.4 Å². The minimum Gasteiger partial charge on any atom is -0.462 e. The second-order valence-electron chi connectivity index (χ2n) is 8.55. The third kappa shape index (κ3) is 5.12. The summed E-state index contributed by atoms with van der Waals surface area (Å²) in [6.07, 6.45) is 5.49. The van der Waals surface area contributed by atoms with Crippen molar-refractivity contribution in [3.05, 3.63) is 51.8 Å². The van der Waals surface area contributed by atoms with Crippen LogP contribution in [0.2, 0.25) is 0 Å². The summed E-state index contributed by atoms with van der Waals surface area (Å²) < 4.78 is 5.22. The van der Waals surface area contributed by atoms with Crippen LogP contribution in [-0.2, 0) is 11.3 Å². The zero-order chi connectivity index (χ0) is 22.5. The SMILES string of the molecule is CCOC(=O)c1c(C)[nH]c(CN(C(=O)Nc2cccc(C)c2C)C2CCCCC2)c1C. The lowest BCUT2D eigenvalue weighted by molar-refractivity contribution is 0.0525. The van der Waals surface area contributed by atoms with E-state index < -0.39 is 0 Å². The molecule has 6 heteroatoms. The van der Waals surface area contributed by atoms with Gasteiger partial charge in [0.05, 0.1) is 18.7 Å². The molecule has 0 atom stereocenters. The Hall–Kier alpha value is -2.76. The minimum absolute atomic E-state index is 0.0927. The fourth-order valence-electron chi connectivity index (χ4n) is 4.49. The number of aryl methyl sites for hydroxylation is 2. The number of carbonyl (C=O) groups excluding carboxylic acids is 2. The van der Waals surface area contributed by atoms with Gasteiger partial charge in [-0.05, 0) is 70.2 Å². The zero-order valence-corrected chi connectivity index (χ0v) is 19.4. The lowest BCUT2D eigenvalue weighted by Gasteiger charge is -2.34. The van der Waals surface area contributed by atoms with Crippen LogP contribution in [0.15, 0.2) is 18.2 Å². The Kier molecular flexibility index (Phi) is 7.42. The highest BCUT2D eigenvalue weighted by molar-refractivity contribution is 5.93. The molecule has 0 bridgehead atoms. The van der Waals surface area contributed by atoms with Crippen LogP contribution in [0.1, 0.15) is 77.5 Å². The van der Waals surface area contributed by atoms with Crippen molar-refractivity contribution < 1.29 is 14.3 Å². The predicted molar refractivity (Wildman–Crippen MR) is 124 cm³/mol. The number of benzene rings is 1. The van der Waals surface area contributed by atoms with Crippen LogP contribution in [0, 0.1) is 27.7 Å². The van der Waals surface area contributed by atoms with Gasteiger partial charge >= 0.3 is 12.0 Å². The average Bonchev–Trinajstić information content (AvgIpc) is 3.03. The molecule has 3 rings (SSSR count). The Morgan fingerprint density at radius 1 is 1.10 bits per heavy atom. The molecular formula is C25H35N3O3. The third-order valence-electron chi connectivity index (χ3n) is 6.47. The molecule has 1 heterocycles. The van der Waals surface area contributed by atoms with Crippen LogP contribution in [0.3, 0.4) is 0 Å². The Labute approximate surface area is 185 Å². The lowest BCUT2D eigenvalue weighted by Crippen LogP contribution is -2.43. The van der Waals surface area contributed by atoms with Crippen molar-refractivity contribution in [3.8, 4) is 0 Å². The third-order valence-corrected chi connectivity index (χ3v) is 6.47. The second-order valence-corrected chi connectivity index (χ2v) is 8.55. The minimum atomic E-state index is -0.316. The normalized spacial score (nSPS) is 14.4. The molecule has 1 aromatic carbocycles. The highest BCUT2D eigenvalue weighted by Crippen LogP contribution is 2.28. The van der Waals surface area contributed by atoms with Crippen molar-refractivity contribution in [2.24, 2.45) is 0 Å². The fourth-order valence-corrected chi connectivity index (χ4v) is 4.49. The van der Waals surface area contributed by atoms with E-state index in [1.807, 2.05) is 50.8 Å². The van der Waals surface area contributed by atoms with E-state index in [4.69, 9.17) is 4.74 Å². The van der Waals surface area contributed by atoms with Gasteiger partial charge in [0.15, 0.2) is 0 Å². The molecule has 1 aliphatic carbocycles. The first-order valence-corrected chi connectivity index (χ1v) is 11.3. The number of nitrogens with zero attached hydrogens (tertiary/aromatic N) is 1. The summed E-state index contributed by atoms with van der Waals surface area (Å²) in [6.45, 7) is 10.5. The van der Waals surface area contributed by atoms with Crippen LogP contribution >= 0.6 is 0 Å². The maximum absolute atomic E-state index is 13.4. The molecular weight excluding hydrogens is 390 g/mol. The van der Waals surface area contributed by atoms with Crippen LogP contribution in [0.5, 0.6) is 0 Å². The van der Waals surface area contributed by atoms with E-state index in [0.29, 0.717) is 18.7 Å². The van der Waals surface area contributed by atoms with Gasteiger partial charge in [0, 0.05) is 23.1 Å². The summed E-state index contributed by atoms with van der Waals surface area (Å²) in [6, 6.07) is 6.05. The molecule has 168 valence electrons. The van der Waals surface area contributed by atoms with Gasteiger partial charge in [-0.3, -0.25) is 0 Å². The summed E-state index contributed by atoms with van der Waals surface area (Å²) in [7, 11) is 0. The Bertz CT molecular complexity index is 942. The number of nitrogens with one attached hydrogen (secondary N) is 2. The number of rotatable bonds is 6. The van der Waals surface area contributed by atoms with Gasteiger partial charge in [0.1, 0.15) is 0 Å². The summed E-state index contributed by atoms with van der Waals surface area (Å²) in [5, 5.41) is 3.13. The summed E-state index contributed by atoms with van der Waals surface area (Å²) in [4.78, 5) is 31.1. The standard InChI is InChI=1S/C25H35N3O3/c1-6-31-24(29)23-18(4)22(26-19(23)5)15-28(20-12-8-7-9-13-20)25(30)27-21-14-10-11-16(2)17(21)3/h10-11,14,20,26H,6-9,12-13,15H2,1-5H3,(H,27,30). The summed E-state index contributed by atoms with van der Waals surface area (Å²) in [5.41, 5.74) is 6.18. The lowest BCUT2D eigenvalue weighted by atomic mass is 9.94. The quantitative estimate of drug-likeness (QED) is 0.575. The largest absolute Gasteiger partial charge is 0.462 e. The zero-order valence-electron chi connectivity index (χ0n) is 19.4. The first kappa shape index (κ1) is 22.9. The van der Waals surface area contributed by atoms with Crippen molar-refractivity contribution in [2.75, 3.05) is 11.9 Å². The molecule has 1 saturated carbocycles. The highest BCUT2D eigenvalue weighted by Gasteiger charge is 2.28. The monoisotopic (exact) mass is 425 g/mol. The Balaban J connectivity index is 1.88. The molecule has 1 fully saturated rings. The summed E-state index contributed by atoms with van der Waals surface area (Å²) >= 11 is 0. The van der Waals surface area contributed by atoms with Crippen molar-refractivity contribution in [3.63, 3.8) is 0 Å². The smallest absolute Gasteiger partial charge is 0.340 e. The van der Waals surface area contributed by atoms with E-state index in [-0.39, 0.29) is 18.0 Å². The summed E-state index contributed by atoms with van der Waals surface area (Å²) in [5.74, 6) is -0.316. The van der Waals surface area contributed by atoms with Crippen LogP contribution < -0.4 is 5.32 Å². The van der Waals surface area contributed by atoms with E-state index in [1.54, 1.807) is 6.92 Å². The number of amides is 2. The first-order valence-electron chi connectivity index (χ1n) is 11.3. The predicted octanol–water partition coefficient (Wildman–Crippen LogP) is 5.79. The van der Waals surface area contributed by atoms with Crippen LogP contribution in [0.25, 0.3) is 0 Å². The molecule has 2 amide bonds. The maximum Gasteiger partial charge on any atom is 0.340 e. The van der Waals surface area contributed by atoms with Crippen molar-refractivity contribution in [1.82, 2.24) is 9.88 Å². The molecule has 6 nitrogen and oxygen atoms in total. The number of anilines is 1. The number of ether oxygens (including phenoxy) is 1. The number of aromatic amines is 1. The topological polar surface area (TPSA) is 74.4 Å². The Morgan fingerprint density at radius 3 is 2.48 bits per heavy atom. The number of esters is 1. The van der Waals surface area contributed by atoms with E-state index >= 15 is 0 Å². The number of hydrogen-bond acceptors (Lipinski definition) is 3. The molecule has 2 N–H and O–H groups in total. The first-order chi connectivity index (χ1) is 14.8. The molecule has 0 aliphatic heterocycles. The fraction of sp³-hybridized carbons (Fsp3) is 0.520. The molecule has 1 aliphatic rings. The molecule has 1 aromatic heterocycles. The average molecular weight is 426 g/mol. The number of urea groups is 1. The second kappa shape index (κ2) is 10.0. The van der Waals surface area contributed by atoms with Crippen LogP contribution in [-0.4, -0.2) is 34.5 Å². The van der Waals surface area contributed by atoms with Gasteiger partial charge in [0.2, 0.25) is 0 Å². The van der Waals surface area contributed by atoms with Crippen molar-refractivity contribution in [1.29, 1.82) is 0 Å². The number of carbonyl (C=O) groups is 2. The van der Waals surface area contributed by atoms with Gasteiger partial charge in [-0.25, -0.2) is 9.59 Å². The van der Waals surface area contributed by atoms with Gasteiger partial charge in [-0.15, -0.1) is 0 Å². The van der Waals surface area contributed by atoms with Gasteiger partial charge < -0.3 is 19.9 Å². The molecule has 0 spiro atoms. The van der Waals surface area contributed by atoms with Gasteiger partial charge in [-0.2, -0.15) is 0 Å². The number of aromatic nitrogens is 1. The maximum atomic E-state index is 13.4. The van der Waals surface area contributed by atoms with E-state index in [9.17, 15) is 9.59 Å². The van der Waals surface area contributed by atoms with Gasteiger partial charge in [0.25, 0.3) is 0 Å². The number of H-pyrrole nitrogens is 1. The molecule has 0 radical (unpaired) electrons. The van der Waals surface area contributed by atoms with Crippen molar-refractivity contribution in [2.45, 2.75) is 79.3 Å². The van der Waals surface area contributed by atoms with E-state index in [2.05, 4.69) is 10.3 Å². The van der Waals surface area contributed by atoms with E-state index in [0.717, 1.165) is 59.4 Å². The molecule has 0 saturated heterocycles. The molecule has 2 aromatic rings. The van der Waals surface area contributed by atoms with Crippen LogP contribution in [0.4, 0.5) is 10.5 Å². The Morgan fingerprint density at radius 2 is 1.81 bits per heavy atom. The number of hydrogen-bond donors (Lipinski definition) is 2. The highest BCUT2D eigenvalue weighted by atomic mass is 16.5. The van der Waals surface area contributed by atoms with Crippen molar-refractivity contribution >= 4 is 17.7 Å². The molecule has 0 unspecified atom stereocenters. The van der Waals surface area contributed by atoms with E-state index in [1.165, 1.54) is 6.42 Å². The molecule has 31 heavy (non-hydrogen) atoms.